The zero-order chi connectivity index (χ0) is 23.1. The summed E-state index contributed by atoms with van der Waals surface area (Å²) in [5, 5.41) is 3.11. The van der Waals surface area contributed by atoms with Gasteiger partial charge in [-0.3, -0.25) is 18.7 Å². The first kappa shape index (κ1) is 23.0. The molecule has 164 valence electrons. The summed E-state index contributed by atoms with van der Waals surface area (Å²) in [5.41, 5.74) is -1.33. The molecule has 0 saturated carbocycles. The lowest BCUT2D eigenvalue weighted by Crippen LogP contribution is -2.38. The molecular weight excluding hydrogens is 445 g/mol. The maximum absolute atomic E-state index is 13.9. The summed E-state index contributed by atoms with van der Waals surface area (Å²) in [6.07, 6.45) is 0. The van der Waals surface area contributed by atoms with E-state index in [-0.39, 0.29) is 32.5 Å². The van der Waals surface area contributed by atoms with Gasteiger partial charge in [0.05, 0.1) is 11.4 Å². The summed E-state index contributed by atoms with van der Waals surface area (Å²) in [6, 6.07) is 3.93. The molecule has 0 aliphatic heterocycles. The first-order valence-electron chi connectivity index (χ1n) is 9.26. The van der Waals surface area contributed by atoms with Crippen LogP contribution in [0.5, 0.6) is 0 Å². The van der Waals surface area contributed by atoms with Crippen LogP contribution in [-0.2, 0) is 24.3 Å². The predicted molar refractivity (Wildman–Crippen MR) is 119 cm³/mol. The van der Waals surface area contributed by atoms with Gasteiger partial charge < -0.3 is 5.32 Å². The Labute approximate surface area is 186 Å². The van der Waals surface area contributed by atoms with Crippen LogP contribution in [0.15, 0.2) is 32.8 Å². The molecule has 0 atom stereocenters. The number of fused-ring (bicyclic) bond motifs is 1. The second kappa shape index (κ2) is 8.43. The van der Waals surface area contributed by atoms with Gasteiger partial charge >= 0.3 is 5.69 Å². The van der Waals surface area contributed by atoms with Crippen LogP contribution in [0.2, 0.25) is 5.02 Å². The fourth-order valence-corrected chi connectivity index (χ4v) is 3.75. The van der Waals surface area contributed by atoms with Gasteiger partial charge in [-0.1, -0.05) is 44.1 Å². The Balaban J connectivity index is 2.01. The van der Waals surface area contributed by atoms with Crippen molar-refractivity contribution in [1.82, 2.24) is 19.1 Å². The van der Waals surface area contributed by atoms with E-state index in [1.807, 2.05) is 20.8 Å². The molecule has 31 heavy (non-hydrogen) atoms. The third-order valence-electron chi connectivity index (χ3n) is 4.48. The van der Waals surface area contributed by atoms with Crippen LogP contribution in [0.25, 0.3) is 11.0 Å². The van der Waals surface area contributed by atoms with Gasteiger partial charge in [-0.05, 0) is 18.2 Å². The molecule has 3 aromatic rings. The van der Waals surface area contributed by atoms with E-state index in [1.165, 1.54) is 30.8 Å². The molecule has 1 aromatic carbocycles. The Hall–Kier alpha value is -2.72. The van der Waals surface area contributed by atoms with Crippen LogP contribution < -0.4 is 16.6 Å². The summed E-state index contributed by atoms with van der Waals surface area (Å²) >= 11 is 6.74. The molecule has 1 N–H and O–H groups in total. The average Bonchev–Trinajstić information content (AvgIpc) is 2.69. The van der Waals surface area contributed by atoms with Crippen LogP contribution in [0.3, 0.4) is 0 Å². The van der Waals surface area contributed by atoms with Crippen molar-refractivity contribution in [3.63, 3.8) is 0 Å². The van der Waals surface area contributed by atoms with E-state index < -0.39 is 28.4 Å². The quantitative estimate of drug-likeness (QED) is 0.470. The molecule has 3 rings (SSSR count). The molecule has 0 unspecified atom stereocenters. The third kappa shape index (κ3) is 4.64. The topological polar surface area (TPSA) is 98.9 Å². The van der Waals surface area contributed by atoms with Crippen LogP contribution in [0, 0.1) is 5.82 Å². The first-order chi connectivity index (χ1) is 14.4. The molecule has 1 amide bonds. The Bertz CT molecular complexity index is 1310. The zero-order valence-electron chi connectivity index (χ0n) is 17.6. The van der Waals surface area contributed by atoms with E-state index in [1.54, 1.807) is 0 Å². The smallest absolute Gasteiger partial charge is 0.323 e. The lowest BCUT2D eigenvalue weighted by atomic mass is 9.96. The fraction of sp³-hybridized carbons (Fsp3) is 0.350. The monoisotopic (exact) mass is 465 g/mol. The van der Waals surface area contributed by atoms with Crippen molar-refractivity contribution < 1.29 is 9.18 Å². The molecule has 2 heterocycles. The van der Waals surface area contributed by atoms with E-state index >= 15 is 0 Å². The molecule has 11 heteroatoms. The number of benzene rings is 1. The molecule has 0 aliphatic carbocycles. The van der Waals surface area contributed by atoms with Crippen molar-refractivity contribution in [2.24, 2.45) is 14.1 Å². The zero-order valence-corrected chi connectivity index (χ0v) is 19.2. The minimum atomic E-state index is -0.655. The largest absolute Gasteiger partial charge is 0.332 e. The number of amides is 1. The van der Waals surface area contributed by atoms with Gasteiger partial charge in [-0.15, -0.1) is 0 Å². The van der Waals surface area contributed by atoms with Gasteiger partial charge in [0.15, 0.2) is 5.65 Å². The van der Waals surface area contributed by atoms with Gasteiger partial charge in [-0.25, -0.2) is 19.2 Å². The number of carbonyl (C=O) groups is 1. The molecule has 0 bridgehead atoms. The molecule has 2 aromatic heterocycles. The fourth-order valence-electron chi connectivity index (χ4n) is 2.78. The number of aromatic nitrogens is 4. The highest BCUT2D eigenvalue weighted by molar-refractivity contribution is 8.00. The van der Waals surface area contributed by atoms with Crippen LogP contribution in [0.1, 0.15) is 26.6 Å². The van der Waals surface area contributed by atoms with E-state index in [9.17, 15) is 18.8 Å². The number of hydrogen-bond acceptors (Lipinski definition) is 6. The van der Waals surface area contributed by atoms with Crippen molar-refractivity contribution in [2.45, 2.75) is 31.2 Å². The normalized spacial score (nSPS) is 11.7. The number of rotatable bonds is 4. The van der Waals surface area contributed by atoms with Crippen molar-refractivity contribution >= 4 is 46.0 Å². The van der Waals surface area contributed by atoms with E-state index in [4.69, 9.17) is 11.6 Å². The number of carbonyl (C=O) groups excluding carboxylic acids is 1. The van der Waals surface area contributed by atoms with Gasteiger partial charge in [0.1, 0.15) is 22.1 Å². The van der Waals surface area contributed by atoms with Gasteiger partial charge in [0.25, 0.3) is 5.56 Å². The second-order valence-corrected chi connectivity index (χ2v) is 9.37. The Morgan fingerprint density at radius 2 is 1.87 bits per heavy atom. The van der Waals surface area contributed by atoms with Crippen LogP contribution >= 0.6 is 23.4 Å². The SMILES string of the molecule is Cn1c(=O)c2c(SCC(=O)Nc3ccc(Cl)cc3F)nc(C(C)(C)C)nc2n(C)c1=O. The predicted octanol–water partition coefficient (Wildman–Crippen LogP) is 2.85. The summed E-state index contributed by atoms with van der Waals surface area (Å²) in [5.74, 6) is -0.854. The van der Waals surface area contributed by atoms with Crippen LogP contribution in [0.4, 0.5) is 10.1 Å². The minimum Gasteiger partial charge on any atom is -0.323 e. The Morgan fingerprint density at radius 1 is 1.19 bits per heavy atom. The first-order valence-corrected chi connectivity index (χ1v) is 10.6. The van der Waals surface area contributed by atoms with Crippen molar-refractivity contribution in [3.05, 3.63) is 55.7 Å². The van der Waals surface area contributed by atoms with Crippen molar-refractivity contribution in [3.8, 4) is 0 Å². The lowest BCUT2D eigenvalue weighted by molar-refractivity contribution is -0.113. The summed E-state index contributed by atoms with van der Waals surface area (Å²) < 4.78 is 16.2. The highest BCUT2D eigenvalue weighted by Gasteiger charge is 2.24. The Morgan fingerprint density at radius 3 is 2.48 bits per heavy atom. The molecule has 0 saturated heterocycles. The molecule has 0 spiro atoms. The highest BCUT2D eigenvalue weighted by atomic mass is 35.5. The molecular formula is C20H21ClFN5O3S. The minimum absolute atomic E-state index is 0.00348. The number of hydrogen-bond donors (Lipinski definition) is 1. The standard InChI is InChI=1S/C20H21ClFN5O3S/c1-20(2,3)18-24-15-14(17(29)27(5)19(30)26(15)4)16(25-18)31-9-13(28)23-12-7-6-10(21)8-11(12)22/h6-8H,9H2,1-5H3,(H,23,28). The van der Waals surface area contributed by atoms with Crippen molar-refractivity contribution in [2.75, 3.05) is 11.1 Å². The number of nitrogens with zero attached hydrogens (tertiary/aromatic N) is 4. The highest BCUT2D eigenvalue weighted by Crippen LogP contribution is 2.27. The second-order valence-electron chi connectivity index (χ2n) is 7.97. The maximum Gasteiger partial charge on any atom is 0.332 e. The Kier molecular flexibility index (Phi) is 6.24. The summed E-state index contributed by atoms with van der Waals surface area (Å²) in [4.78, 5) is 46.5. The van der Waals surface area contributed by atoms with Gasteiger partial charge in [0.2, 0.25) is 5.91 Å². The molecule has 0 fully saturated rings. The van der Waals surface area contributed by atoms with E-state index in [0.29, 0.717) is 5.82 Å². The number of anilines is 1. The molecule has 0 aliphatic rings. The number of aryl methyl sites for hydroxylation is 1. The van der Waals surface area contributed by atoms with Gasteiger partial charge in [0, 0.05) is 24.5 Å². The number of nitrogens with one attached hydrogen (secondary N) is 1. The molecule has 0 radical (unpaired) electrons. The lowest BCUT2D eigenvalue weighted by Gasteiger charge is -2.19. The average molecular weight is 466 g/mol. The molecule has 8 nitrogen and oxygen atoms in total. The number of thioether (sulfide) groups is 1. The summed E-state index contributed by atoms with van der Waals surface area (Å²) in [7, 11) is 2.89. The van der Waals surface area contributed by atoms with E-state index in [0.717, 1.165) is 22.4 Å². The van der Waals surface area contributed by atoms with Gasteiger partial charge in [-0.2, -0.15) is 0 Å². The number of halogens is 2. The maximum atomic E-state index is 13.9. The van der Waals surface area contributed by atoms with Crippen LogP contribution in [-0.4, -0.2) is 30.8 Å². The van der Waals surface area contributed by atoms with Crippen molar-refractivity contribution in [1.29, 1.82) is 0 Å². The summed E-state index contributed by atoms with van der Waals surface area (Å²) in [6.45, 7) is 5.70. The third-order valence-corrected chi connectivity index (χ3v) is 5.69. The van der Waals surface area contributed by atoms with E-state index in [2.05, 4.69) is 15.3 Å².